The van der Waals surface area contributed by atoms with Gasteiger partial charge in [-0.2, -0.15) is 0 Å². The number of halogens is 2. The minimum Gasteiger partial charge on any atom is -0.313 e. The van der Waals surface area contributed by atoms with Crippen molar-refractivity contribution in [2.75, 3.05) is 7.05 Å². The summed E-state index contributed by atoms with van der Waals surface area (Å²) in [7, 11) is 1.93. The maximum Gasteiger partial charge on any atom is 0.124 e. The molecule has 0 fully saturated rings. The molecular weight excluding hydrogens is 319 g/mol. The molecule has 0 aliphatic rings. The van der Waals surface area contributed by atoms with Gasteiger partial charge in [0.05, 0.1) is 0 Å². The molecule has 106 valence electrons. The first-order valence-electron chi connectivity index (χ1n) is 6.56. The zero-order valence-corrected chi connectivity index (χ0v) is 13.5. The highest BCUT2D eigenvalue weighted by Gasteiger charge is 2.15. The summed E-state index contributed by atoms with van der Waals surface area (Å²) in [5, 5.41) is 3.31. The van der Waals surface area contributed by atoms with Crippen molar-refractivity contribution in [1.82, 2.24) is 10.3 Å². The van der Waals surface area contributed by atoms with Crippen molar-refractivity contribution >= 4 is 15.9 Å². The van der Waals surface area contributed by atoms with E-state index < -0.39 is 0 Å². The number of rotatable bonds is 4. The van der Waals surface area contributed by atoms with Crippen LogP contribution in [0, 0.1) is 19.7 Å². The summed E-state index contributed by atoms with van der Waals surface area (Å²) >= 11 is 3.42. The Morgan fingerprint density at radius 1 is 1.25 bits per heavy atom. The predicted molar refractivity (Wildman–Crippen MR) is 83.3 cm³/mol. The van der Waals surface area contributed by atoms with Crippen molar-refractivity contribution < 1.29 is 4.39 Å². The van der Waals surface area contributed by atoms with Crippen molar-refractivity contribution in [3.8, 4) is 0 Å². The molecule has 0 aliphatic heterocycles. The van der Waals surface area contributed by atoms with Crippen LogP contribution in [0.3, 0.4) is 0 Å². The van der Waals surface area contributed by atoms with Crippen LogP contribution >= 0.6 is 15.9 Å². The van der Waals surface area contributed by atoms with Crippen LogP contribution in [0.15, 0.2) is 34.8 Å². The van der Waals surface area contributed by atoms with E-state index in [1.54, 1.807) is 0 Å². The molecule has 0 radical (unpaired) electrons. The molecule has 1 N–H and O–H groups in total. The summed E-state index contributed by atoms with van der Waals surface area (Å²) in [5.41, 5.74) is 4.30. The number of likely N-dealkylation sites (N-methyl/N-ethyl adjacent to an activating group) is 1. The van der Waals surface area contributed by atoms with Crippen molar-refractivity contribution in [2.45, 2.75) is 26.3 Å². The lowest BCUT2D eigenvalue weighted by Gasteiger charge is -2.19. The van der Waals surface area contributed by atoms with Gasteiger partial charge in [-0.25, -0.2) is 4.39 Å². The monoisotopic (exact) mass is 336 g/mol. The topological polar surface area (TPSA) is 24.9 Å². The van der Waals surface area contributed by atoms with Crippen molar-refractivity contribution in [3.63, 3.8) is 0 Å². The molecule has 1 aromatic carbocycles. The molecule has 0 amide bonds. The minimum atomic E-state index is -0.227. The largest absolute Gasteiger partial charge is 0.313 e. The number of hydrogen-bond acceptors (Lipinski definition) is 2. The molecule has 0 spiro atoms. The maximum absolute atomic E-state index is 13.1. The summed E-state index contributed by atoms with van der Waals surface area (Å²) in [4.78, 5) is 4.51. The van der Waals surface area contributed by atoms with Crippen LogP contribution in [-0.4, -0.2) is 12.0 Å². The average molecular weight is 337 g/mol. The molecular formula is C16H18BrFN2. The Kier molecular flexibility index (Phi) is 4.89. The van der Waals surface area contributed by atoms with Gasteiger partial charge in [0.25, 0.3) is 0 Å². The molecule has 2 rings (SSSR count). The minimum absolute atomic E-state index is 0.157. The van der Waals surface area contributed by atoms with Crippen molar-refractivity contribution in [3.05, 3.63) is 63.1 Å². The molecule has 1 heterocycles. The normalized spacial score (nSPS) is 12.4. The van der Waals surface area contributed by atoms with Gasteiger partial charge in [-0.3, -0.25) is 4.98 Å². The van der Waals surface area contributed by atoms with E-state index in [1.807, 2.05) is 33.0 Å². The summed E-state index contributed by atoms with van der Waals surface area (Å²) in [6.45, 7) is 4.01. The third-order valence-electron chi connectivity index (χ3n) is 3.43. The first-order valence-corrected chi connectivity index (χ1v) is 7.36. The Labute approximate surface area is 127 Å². The van der Waals surface area contributed by atoms with Crippen LogP contribution in [0.1, 0.15) is 28.6 Å². The van der Waals surface area contributed by atoms with E-state index in [-0.39, 0.29) is 11.9 Å². The zero-order valence-electron chi connectivity index (χ0n) is 11.9. The fourth-order valence-electron chi connectivity index (χ4n) is 2.34. The van der Waals surface area contributed by atoms with Gasteiger partial charge in [0, 0.05) is 21.9 Å². The lowest BCUT2D eigenvalue weighted by atomic mass is 9.97. The molecule has 1 unspecified atom stereocenters. The molecule has 20 heavy (non-hydrogen) atoms. The Morgan fingerprint density at radius 2 is 2.00 bits per heavy atom. The lowest BCUT2D eigenvalue weighted by Crippen LogP contribution is -2.20. The number of aryl methyl sites for hydroxylation is 2. The van der Waals surface area contributed by atoms with E-state index in [0.29, 0.717) is 0 Å². The number of benzene rings is 1. The van der Waals surface area contributed by atoms with Crippen LogP contribution in [0.4, 0.5) is 4.39 Å². The first-order chi connectivity index (χ1) is 9.51. The van der Waals surface area contributed by atoms with E-state index in [9.17, 15) is 4.39 Å². The zero-order chi connectivity index (χ0) is 14.7. The number of pyridine rings is 1. The van der Waals surface area contributed by atoms with E-state index in [4.69, 9.17) is 0 Å². The highest BCUT2D eigenvalue weighted by Crippen LogP contribution is 2.25. The van der Waals surface area contributed by atoms with Crippen LogP contribution in [0.5, 0.6) is 0 Å². The third-order valence-corrected chi connectivity index (χ3v) is 4.17. The van der Waals surface area contributed by atoms with E-state index in [2.05, 4.69) is 32.3 Å². The number of hydrogen-bond donors (Lipinski definition) is 1. The third kappa shape index (κ3) is 3.44. The second-order valence-electron chi connectivity index (χ2n) is 4.91. The fraction of sp³-hybridized carbons (Fsp3) is 0.312. The first kappa shape index (κ1) is 15.1. The number of nitrogens with zero attached hydrogens (tertiary/aromatic N) is 1. The Morgan fingerprint density at radius 3 is 2.60 bits per heavy atom. The lowest BCUT2D eigenvalue weighted by molar-refractivity contribution is 0.581. The molecule has 0 aliphatic carbocycles. The second kappa shape index (κ2) is 6.46. The van der Waals surface area contributed by atoms with Crippen LogP contribution in [0.25, 0.3) is 0 Å². The van der Waals surface area contributed by atoms with Crippen LogP contribution in [-0.2, 0) is 6.42 Å². The summed E-state index contributed by atoms with van der Waals surface area (Å²) in [6, 6.07) is 9.10. The Balaban J connectivity index is 2.28. The molecule has 0 saturated carbocycles. The van der Waals surface area contributed by atoms with Gasteiger partial charge < -0.3 is 5.32 Å². The van der Waals surface area contributed by atoms with Gasteiger partial charge in [0.1, 0.15) is 5.82 Å². The highest BCUT2D eigenvalue weighted by atomic mass is 79.9. The average Bonchev–Trinajstić information content (AvgIpc) is 2.39. The molecule has 2 nitrogen and oxygen atoms in total. The van der Waals surface area contributed by atoms with Gasteiger partial charge in [0.15, 0.2) is 0 Å². The Bertz CT molecular complexity index is 613. The van der Waals surface area contributed by atoms with Crippen LogP contribution in [0.2, 0.25) is 0 Å². The van der Waals surface area contributed by atoms with E-state index >= 15 is 0 Å². The quantitative estimate of drug-likeness (QED) is 0.908. The Hall–Kier alpha value is -1.26. The molecule has 0 saturated heterocycles. The molecule has 0 bridgehead atoms. The standard InChI is InChI=1S/C16H18BrFN2/c1-10-4-7-14(11(2)20-10)16(19-3)8-12-5-6-13(18)9-15(12)17/h4-7,9,16,19H,8H2,1-3H3. The molecule has 1 atom stereocenters. The smallest absolute Gasteiger partial charge is 0.124 e. The summed E-state index contributed by atoms with van der Waals surface area (Å²) in [5.74, 6) is -0.227. The highest BCUT2D eigenvalue weighted by molar-refractivity contribution is 9.10. The SMILES string of the molecule is CNC(Cc1ccc(F)cc1Br)c1ccc(C)nc1C. The molecule has 1 aromatic heterocycles. The van der Waals surface area contributed by atoms with Crippen molar-refractivity contribution in [2.24, 2.45) is 0 Å². The van der Waals surface area contributed by atoms with Crippen molar-refractivity contribution in [1.29, 1.82) is 0 Å². The van der Waals surface area contributed by atoms with E-state index in [0.717, 1.165) is 27.8 Å². The van der Waals surface area contributed by atoms with Gasteiger partial charge in [0.2, 0.25) is 0 Å². The van der Waals surface area contributed by atoms with Gasteiger partial charge in [-0.15, -0.1) is 0 Å². The van der Waals surface area contributed by atoms with Crippen LogP contribution < -0.4 is 5.32 Å². The summed E-state index contributed by atoms with van der Waals surface area (Å²) in [6.07, 6.45) is 0.781. The predicted octanol–water partition coefficient (Wildman–Crippen LogP) is 4.10. The number of nitrogens with one attached hydrogen (secondary N) is 1. The van der Waals surface area contributed by atoms with Gasteiger partial charge in [-0.05, 0) is 56.6 Å². The van der Waals surface area contributed by atoms with Gasteiger partial charge >= 0.3 is 0 Å². The van der Waals surface area contributed by atoms with E-state index in [1.165, 1.54) is 17.7 Å². The number of aromatic nitrogens is 1. The fourth-order valence-corrected chi connectivity index (χ4v) is 2.85. The molecule has 4 heteroatoms. The van der Waals surface area contributed by atoms with Gasteiger partial charge in [-0.1, -0.05) is 28.1 Å². The summed E-state index contributed by atoms with van der Waals surface area (Å²) < 4.78 is 13.9. The molecule has 2 aromatic rings. The second-order valence-corrected chi connectivity index (χ2v) is 5.76. The maximum atomic E-state index is 13.1.